The SMILES string of the molecule is Cn1ncc(I)c1-c1c(F)cc2c(c1C#N)OC1(CC2)CC1. The van der Waals surface area contributed by atoms with Gasteiger partial charge in [-0.2, -0.15) is 10.4 Å². The third kappa shape index (κ3) is 1.95. The molecule has 0 radical (unpaired) electrons. The molecule has 1 aromatic carbocycles. The molecular weight excluding hydrogens is 396 g/mol. The molecule has 0 bridgehead atoms. The summed E-state index contributed by atoms with van der Waals surface area (Å²) in [4.78, 5) is 0. The molecule has 6 heteroatoms. The molecule has 1 saturated carbocycles. The summed E-state index contributed by atoms with van der Waals surface area (Å²) in [7, 11) is 1.75. The number of rotatable bonds is 1. The van der Waals surface area contributed by atoms with Crippen molar-refractivity contribution in [3.05, 3.63) is 32.8 Å². The molecule has 0 N–H and O–H groups in total. The van der Waals surface area contributed by atoms with E-state index in [9.17, 15) is 9.65 Å². The van der Waals surface area contributed by atoms with Crippen LogP contribution in [0.4, 0.5) is 4.39 Å². The van der Waals surface area contributed by atoms with Gasteiger partial charge in [-0.1, -0.05) is 0 Å². The molecule has 4 nitrogen and oxygen atoms in total. The second-order valence-electron chi connectivity index (χ2n) is 5.96. The molecule has 0 unspecified atom stereocenters. The molecule has 1 fully saturated rings. The minimum absolute atomic E-state index is 0.104. The van der Waals surface area contributed by atoms with Gasteiger partial charge in [0.15, 0.2) is 0 Å². The zero-order valence-electron chi connectivity index (χ0n) is 12.0. The van der Waals surface area contributed by atoms with E-state index < -0.39 is 0 Å². The number of nitriles is 1. The molecule has 2 heterocycles. The largest absolute Gasteiger partial charge is 0.486 e. The van der Waals surface area contributed by atoms with E-state index in [1.54, 1.807) is 17.9 Å². The zero-order valence-corrected chi connectivity index (χ0v) is 14.1. The van der Waals surface area contributed by atoms with Crippen LogP contribution in [0.25, 0.3) is 11.3 Å². The van der Waals surface area contributed by atoms with Crippen molar-refractivity contribution in [1.82, 2.24) is 9.78 Å². The second-order valence-corrected chi connectivity index (χ2v) is 7.12. The Kier molecular flexibility index (Phi) is 2.98. The highest BCUT2D eigenvalue weighted by Gasteiger charge is 2.48. The van der Waals surface area contributed by atoms with E-state index >= 15 is 0 Å². The highest BCUT2D eigenvalue weighted by molar-refractivity contribution is 14.1. The normalized spacial score (nSPS) is 17.7. The van der Waals surface area contributed by atoms with Crippen LogP contribution >= 0.6 is 22.6 Å². The van der Waals surface area contributed by atoms with Gasteiger partial charge >= 0.3 is 0 Å². The lowest BCUT2D eigenvalue weighted by molar-refractivity contribution is 0.150. The van der Waals surface area contributed by atoms with Crippen LogP contribution in [0.15, 0.2) is 12.3 Å². The van der Waals surface area contributed by atoms with Gasteiger partial charge in [0.25, 0.3) is 0 Å². The van der Waals surface area contributed by atoms with Crippen molar-refractivity contribution in [2.75, 3.05) is 0 Å². The molecule has 0 atom stereocenters. The fourth-order valence-electron chi connectivity index (χ4n) is 3.14. The van der Waals surface area contributed by atoms with E-state index in [-0.39, 0.29) is 11.4 Å². The van der Waals surface area contributed by atoms with Gasteiger partial charge in [0.1, 0.15) is 28.8 Å². The number of halogens is 2. The third-order valence-corrected chi connectivity index (χ3v) is 5.32. The van der Waals surface area contributed by atoms with Crippen molar-refractivity contribution in [3.63, 3.8) is 0 Å². The van der Waals surface area contributed by atoms with E-state index in [2.05, 4.69) is 33.8 Å². The van der Waals surface area contributed by atoms with Crippen LogP contribution in [0.3, 0.4) is 0 Å². The van der Waals surface area contributed by atoms with Gasteiger partial charge in [0, 0.05) is 7.05 Å². The average molecular weight is 409 g/mol. The summed E-state index contributed by atoms with van der Waals surface area (Å²) in [5, 5.41) is 13.8. The van der Waals surface area contributed by atoms with Gasteiger partial charge in [0.2, 0.25) is 0 Å². The summed E-state index contributed by atoms with van der Waals surface area (Å²) < 4.78 is 23.2. The Bertz CT molecular complexity index is 813. The average Bonchev–Trinajstić information content (AvgIpc) is 3.17. The molecule has 2 aromatic rings. The summed E-state index contributed by atoms with van der Waals surface area (Å²) in [5.41, 5.74) is 1.91. The van der Waals surface area contributed by atoms with Crippen LogP contribution in [-0.2, 0) is 13.5 Å². The van der Waals surface area contributed by atoms with E-state index in [1.807, 2.05) is 0 Å². The Morgan fingerprint density at radius 3 is 2.82 bits per heavy atom. The zero-order chi connectivity index (χ0) is 15.5. The fraction of sp³-hybridized carbons (Fsp3) is 0.375. The van der Waals surface area contributed by atoms with Gasteiger partial charge in [-0.05, 0) is 59.9 Å². The minimum atomic E-state index is -0.382. The number of ether oxygens (including phenoxy) is 1. The maximum atomic E-state index is 14.7. The predicted octanol–water partition coefficient (Wildman–Crippen LogP) is 3.56. The number of fused-ring (bicyclic) bond motifs is 1. The maximum Gasteiger partial charge on any atom is 0.142 e. The third-order valence-electron chi connectivity index (χ3n) is 4.53. The highest BCUT2D eigenvalue weighted by Crippen LogP contribution is 2.51. The number of benzene rings is 1. The molecule has 2 aliphatic rings. The minimum Gasteiger partial charge on any atom is -0.486 e. The van der Waals surface area contributed by atoms with Gasteiger partial charge in [-0.15, -0.1) is 0 Å². The molecule has 1 aliphatic heterocycles. The van der Waals surface area contributed by atoms with Crippen molar-refractivity contribution in [2.45, 2.75) is 31.3 Å². The van der Waals surface area contributed by atoms with Crippen molar-refractivity contribution in [3.8, 4) is 23.1 Å². The Hall–Kier alpha value is -1.62. The van der Waals surface area contributed by atoms with Crippen LogP contribution in [-0.4, -0.2) is 15.4 Å². The topological polar surface area (TPSA) is 50.8 Å². The Morgan fingerprint density at radius 2 is 2.23 bits per heavy atom. The van der Waals surface area contributed by atoms with Gasteiger partial charge in [-0.3, -0.25) is 4.68 Å². The molecule has 0 saturated heterocycles. The van der Waals surface area contributed by atoms with Crippen LogP contribution < -0.4 is 4.74 Å². The van der Waals surface area contributed by atoms with Gasteiger partial charge in [-0.25, -0.2) is 4.39 Å². The van der Waals surface area contributed by atoms with Crippen molar-refractivity contribution in [1.29, 1.82) is 5.26 Å². The lowest BCUT2D eigenvalue weighted by Gasteiger charge is -2.28. The summed E-state index contributed by atoms with van der Waals surface area (Å²) in [6.45, 7) is 0. The number of nitrogens with zero attached hydrogens (tertiary/aromatic N) is 3. The standard InChI is InChI=1S/C16H13FIN3O/c1-21-14(12(18)8-20-21)13-10(7-19)15-9(6-11(13)17)2-3-16(22-15)4-5-16/h6,8H,2-5H2,1H3. The number of aromatic nitrogens is 2. The summed E-state index contributed by atoms with van der Waals surface area (Å²) >= 11 is 2.11. The monoisotopic (exact) mass is 409 g/mol. The van der Waals surface area contributed by atoms with Crippen LogP contribution in [0, 0.1) is 20.7 Å². The van der Waals surface area contributed by atoms with Crippen molar-refractivity contribution < 1.29 is 9.13 Å². The quantitative estimate of drug-likeness (QED) is 0.677. The first-order valence-corrected chi connectivity index (χ1v) is 8.25. The second kappa shape index (κ2) is 4.69. The van der Waals surface area contributed by atoms with E-state index in [4.69, 9.17) is 4.74 Å². The first-order valence-electron chi connectivity index (χ1n) is 7.17. The van der Waals surface area contributed by atoms with Gasteiger partial charge in [0.05, 0.1) is 21.0 Å². The highest BCUT2D eigenvalue weighted by atomic mass is 127. The summed E-state index contributed by atoms with van der Waals surface area (Å²) in [6, 6.07) is 3.68. The number of aryl methyl sites for hydroxylation is 2. The Labute approximate surface area is 141 Å². The van der Waals surface area contributed by atoms with E-state index in [0.717, 1.165) is 34.8 Å². The molecule has 1 spiro atoms. The molecule has 1 aliphatic carbocycles. The first-order chi connectivity index (χ1) is 10.5. The van der Waals surface area contributed by atoms with Crippen LogP contribution in [0.1, 0.15) is 30.4 Å². The molecule has 0 amide bonds. The first kappa shape index (κ1) is 14.0. The van der Waals surface area contributed by atoms with E-state index in [1.165, 1.54) is 6.07 Å². The molecular formula is C16H13FIN3O. The van der Waals surface area contributed by atoms with Crippen LogP contribution in [0.2, 0.25) is 0 Å². The smallest absolute Gasteiger partial charge is 0.142 e. The molecule has 4 rings (SSSR count). The number of hydrogen-bond acceptors (Lipinski definition) is 3. The van der Waals surface area contributed by atoms with Crippen molar-refractivity contribution in [2.24, 2.45) is 7.05 Å². The summed E-state index contributed by atoms with van der Waals surface area (Å²) in [6.07, 6.45) is 5.39. The lowest BCUT2D eigenvalue weighted by atomic mass is 9.93. The summed E-state index contributed by atoms with van der Waals surface area (Å²) in [5.74, 6) is 0.187. The fourth-order valence-corrected chi connectivity index (χ4v) is 3.88. The molecule has 112 valence electrons. The van der Waals surface area contributed by atoms with Gasteiger partial charge < -0.3 is 4.74 Å². The lowest BCUT2D eigenvalue weighted by Crippen LogP contribution is -2.25. The predicted molar refractivity (Wildman–Crippen MR) is 86.9 cm³/mol. The van der Waals surface area contributed by atoms with Crippen molar-refractivity contribution >= 4 is 22.6 Å². The van der Waals surface area contributed by atoms with Crippen LogP contribution in [0.5, 0.6) is 5.75 Å². The maximum absolute atomic E-state index is 14.7. The number of hydrogen-bond donors (Lipinski definition) is 0. The Morgan fingerprint density at radius 1 is 1.45 bits per heavy atom. The molecule has 1 aromatic heterocycles. The molecule has 22 heavy (non-hydrogen) atoms. The van der Waals surface area contributed by atoms with E-state index in [0.29, 0.717) is 22.6 Å². The Balaban J connectivity index is 1.98.